The predicted octanol–water partition coefficient (Wildman–Crippen LogP) is 3.22. The molecule has 166 valence electrons. The fourth-order valence-corrected chi connectivity index (χ4v) is 4.34. The quantitative estimate of drug-likeness (QED) is 0.583. The van der Waals surface area contributed by atoms with Crippen LogP contribution in [0.15, 0.2) is 28.1 Å². The monoisotopic (exact) mass is 442 g/mol. The summed E-state index contributed by atoms with van der Waals surface area (Å²) in [5.74, 6) is 1.42. The van der Waals surface area contributed by atoms with Gasteiger partial charge < -0.3 is 9.42 Å². The number of amides is 1. The number of piperazine rings is 1. The molecule has 9 heteroatoms. The van der Waals surface area contributed by atoms with Crippen molar-refractivity contribution in [2.24, 2.45) is 7.05 Å². The van der Waals surface area contributed by atoms with Crippen molar-refractivity contribution in [3.05, 3.63) is 40.9 Å². The predicted molar refractivity (Wildman–Crippen MR) is 120 cm³/mol. The van der Waals surface area contributed by atoms with Gasteiger partial charge >= 0.3 is 0 Å². The van der Waals surface area contributed by atoms with Crippen molar-refractivity contribution in [1.82, 2.24) is 29.7 Å². The van der Waals surface area contributed by atoms with Crippen LogP contribution in [0.5, 0.6) is 0 Å². The summed E-state index contributed by atoms with van der Waals surface area (Å²) in [6, 6.07) is 5.91. The van der Waals surface area contributed by atoms with Crippen LogP contribution < -0.4 is 0 Å². The van der Waals surface area contributed by atoms with Crippen molar-refractivity contribution in [2.45, 2.75) is 39.0 Å². The van der Waals surface area contributed by atoms with Crippen LogP contribution >= 0.6 is 11.3 Å². The lowest BCUT2D eigenvalue weighted by Crippen LogP contribution is -2.49. The van der Waals surface area contributed by atoms with E-state index in [9.17, 15) is 4.79 Å². The van der Waals surface area contributed by atoms with Gasteiger partial charge in [-0.15, -0.1) is 11.3 Å². The molecule has 0 bridgehead atoms. The summed E-state index contributed by atoms with van der Waals surface area (Å²) in [5, 5.41) is 10.6. The maximum Gasteiger partial charge on any atom is 0.272 e. The van der Waals surface area contributed by atoms with Gasteiger partial charge in [0.05, 0.1) is 10.6 Å². The summed E-state index contributed by atoms with van der Waals surface area (Å²) in [7, 11) is 1.85. The van der Waals surface area contributed by atoms with Gasteiger partial charge in [0.1, 0.15) is 5.69 Å². The Kier molecular flexibility index (Phi) is 6.24. The van der Waals surface area contributed by atoms with Crippen molar-refractivity contribution in [3.8, 4) is 10.7 Å². The lowest BCUT2D eigenvalue weighted by Gasteiger charge is -2.34. The number of hydrogen-bond donors (Lipinski definition) is 0. The number of nitrogens with zero attached hydrogens (tertiary/aromatic N) is 6. The lowest BCUT2D eigenvalue weighted by molar-refractivity contribution is 0.0625. The molecule has 0 atom stereocenters. The second-order valence-corrected chi connectivity index (χ2v) is 9.96. The van der Waals surface area contributed by atoms with Gasteiger partial charge in [-0.1, -0.05) is 32.0 Å². The van der Waals surface area contributed by atoms with Crippen LogP contribution in [0.25, 0.3) is 10.7 Å². The molecule has 1 aliphatic rings. The maximum absolute atomic E-state index is 13.0. The highest BCUT2D eigenvalue weighted by molar-refractivity contribution is 7.13. The molecule has 0 N–H and O–H groups in total. The standard InChI is InChI=1S/C22H30N6O2S/c1-22(2,3)18-15-16(26(4)24-18)21(29)28-12-10-27(11-13-28)9-5-8-19-23-20(25-30-19)17-7-6-14-31-17/h6-7,14-15H,5,8-13H2,1-4H3. The molecule has 0 radical (unpaired) electrons. The van der Waals surface area contributed by atoms with E-state index in [4.69, 9.17) is 4.52 Å². The van der Waals surface area contributed by atoms with Gasteiger partial charge in [-0.25, -0.2) is 0 Å². The average molecular weight is 443 g/mol. The summed E-state index contributed by atoms with van der Waals surface area (Å²) in [4.78, 5) is 22.8. The van der Waals surface area contributed by atoms with Gasteiger partial charge in [0.15, 0.2) is 0 Å². The zero-order valence-corrected chi connectivity index (χ0v) is 19.5. The van der Waals surface area contributed by atoms with Gasteiger partial charge in [0.25, 0.3) is 5.91 Å². The molecule has 1 amide bonds. The third kappa shape index (κ3) is 5.04. The third-order valence-corrected chi connectivity index (χ3v) is 6.47. The van der Waals surface area contributed by atoms with Crippen molar-refractivity contribution < 1.29 is 9.32 Å². The normalized spacial score (nSPS) is 15.5. The zero-order chi connectivity index (χ0) is 22.0. The molecule has 0 spiro atoms. The number of carbonyl (C=O) groups excluding carboxylic acids is 1. The molecule has 8 nitrogen and oxygen atoms in total. The van der Waals surface area contributed by atoms with E-state index in [0.717, 1.165) is 56.1 Å². The largest absolute Gasteiger partial charge is 0.339 e. The van der Waals surface area contributed by atoms with Crippen molar-refractivity contribution in [2.75, 3.05) is 32.7 Å². The van der Waals surface area contributed by atoms with Gasteiger partial charge in [0, 0.05) is 45.1 Å². The summed E-state index contributed by atoms with van der Waals surface area (Å²) < 4.78 is 7.09. The van der Waals surface area contributed by atoms with Gasteiger partial charge in [-0.05, 0) is 30.5 Å². The first-order valence-corrected chi connectivity index (χ1v) is 11.6. The summed E-state index contributed by atoms with van der Waals surface area (Å²) in [5.41, 5.74) is 1.54. The van der Waals surface area contributed by atoms with E-state index in [2.05, 4.69) is 40.9 Å². The second kappa shape index (κ2) is 8.92. The lowest BCUT2D eigenvalue weighted by atomic mass is 9.92. The van der Waals surface area contributed by atoms with Gasteiger partial charge in [-0.2, -0.15) is 10.1 Å². The van der Waals surface area contributed by atoms with Crippen LogP contribution in [0.2, 0.25) is 0 Å². The minimum atomic E-state index is -0.0715. The Balaban J connectivity index is 1.24. The molecule has 3 aromatic heterocycles. The van der Waals surface area contributed by atoms with Crippen LogP contribution in [0, 0.1) is 0 Å². The molecule has 1 fully saturated rings. The first kappa shape index (κ1) is 21.7. The average Bonchev–Trinajstić information content (AvgIpc) is 3.48. The van der Waals surface area contributed by atoms with Crippen LogP contribution in [0.4, 0.5) is 0 Å². The highest BCUT2D eigenvalue weighted by Crippen LogP contribution is 2.23. The zero-order valence-electron chi connectivity index (χ0n) is 18.7. The third-order valence-electron chi connectivity index (χ3n) is 5.60. The molecule has 31 heavy (non-hydrogen) atoms. The number of thiophene rings is 1. The van der Waals surface area contributed by atoms with E-state index in [1.165, 1.54) is 0 Å². The first-order chi connectivity index (χ1) is 14.8. The Morgan fingerprint density at radius 3 is 2.65 bits per heavy atom. The van der Waals surface area contributed by atoms with E-state index < -0.39 is 0 Å². The number of rotatable bonds is 6. The highest BCUT2D eigenvalue weighted by atomic mass is 32.1. The molecule has 0 aliphatic carbocycles. The molecule has 1 aliphatic heterocycles. The Bertz CT molecular complexity index is 1010. The Morgan fingerprint density at radius 2 is 2.00 bits per heavy atom. The molecule has 0 unspecified atom stereocenters. The van der Waals surface area contributed by atoms with E-state index in [-0.39, 0.29) is 11.3 Å². The first-order valence-electron chi connectivity index (χ1n) is 10.7. The smallest absolute Gasteiger partial charge is 0.272 e. The summed E-state index contributed by atoms with van der Waals surface area (Å²) in [6.45, 7) is 10.5. The van der Waals surface area contributed by atoms with E-state index in [0.29, 0.717) is 17.4 Å². The molecular formula is C22H30N6O2S. The van der Waals surface area contributed by atoms with Crippen LogP contribution in [0.1, 0.15) is 49.3 Å². The van der Waals surface area contributed by atoms with E-state index in [1.807, 2.05) is 35.5 Å². The maximum atomic E-state index is 13.0. The SMILES string of the molecule is Cn1nc(C(C)(C)C)cc1C(=O)N1CCN(CCCc2nc(-c3cccs3)no2)CC1. The summed E-state index contributed by atoms with van der Waals surface area (Å²) >= 11 is 1.61. The Labute approximate surface area is 186 Å². The van der Waals surface area contributed by atoms with E-state index >= 15 is 0 Å². The molecule has 4 rings (SSSR count). The molecular weight excluding hydrogens is 412 g/mol. The minimum Gasteiger partial charge on any atom is -0.339 e. The summed E-state index contributed by atoms with van der Waals surface area (Å²) in [6.07, 6.45) is 1.72. The van der Waals surface area contributed by atoms with Crippen molar-refractivity contribution in [3.63, 3.8) is 0 Å². The number of aromatic nitrogens is 4. The number of aryl methyl sites for hydroxylation is 2. The fraction of sp³-hybridized carbons (Fsp3) is 0.545. The van der Waals surface area contributed by atoms with Crippen molar-refractivity contribution >= 4 is 17.2 Å². The number of carbonyl (C=O) groups is 1. The Morgan fingerprint density at radius 1 is 1.23 bits per heavy atom. The van der Waals surface area contributed by atoms with Crippen LogP contribution in [-0.2, 0) is 18.9 Å². The van der Waals surface area contributed by atoms with Gasteiger partial charge in [-0.3, -0.25) is 14.4 Å². The molecule has 4 heterocycles. The van der Waals surface area contributed by atoms with Crippen LogP contribution in [0.3, 0.4) is 0 Å². The van der Waals surface area contributed by atoms with Crippen molar-refractivity contribution in [1.29, 1.82) is 0 Å². The van der Waals surface area contributed by atoms with E-state index in [1.54, 1.807) is 16.0 Å². The van der Waals surface area contributed by atoms with Gasteiger partial charge in [0.2, 0.25) is 11.7 Å². The second-order valence-electron chi connectivity index (χ2n) is 9.01. The number of hydrogen-bond acceptors (Lipinski definition) is 7. The Hall–Kier alpha value is -2.52. The minimum absolute atomic E-state index is 0.0668. The topological polar surface area (TPSA) is 80.3 Å². The van der Waals surface area contributed by atoms with Crippen LogP contribution in [-0.4, -0.2) is 68.4 Å². The molecule has 0 saturated carbocycles. The molecule has 3 aromatic rings. The fourth-order valence-electron chi connectivity index (χ4n) is 3.69. The highest BCUT2D eigenvalue weighted by Gasteiger charge is 2.27. The molecule has 0 aromatic carbocycles. The molecule has 1 saturated heterocycles.